The molecule has 0 aromatic rings. The zero-order valence-corrected chi connectivity index (χ0v) is 18.9. The first kappa shape index (κ1) is 23.4. The van der Waals surface area contributed by atoms with Crippen molar-refractivity contribution in [2.75, 3.05) is 72.6 Å². The first-order chi connectivity index (χ1) is 13.6. The van der Waals surface area contributed by atoms with Crippen LogP contribution in [0.3, 0.4) is 0 Å². The maximum atomic E-state index is 5.65. The first-order valence-corrected chi connectivity index (χ1v) is 11.6. The Morgan fingerprint density at radius 2 is 1.82 bits per heavy atom. The summed E-state index contributed by atoms with van der Waals surface area (Å²) in [5.41, 5.74) is 0.350. The number of hydrogen-bond acceptors (Lipinski definition) is 4. The fourth-order valence-electron chi connectivity index (χ4n) is 4.44. The summed E-state index contributed by atoms with van der Waals surface area (Å²) < 4.78 is 5.65. The summed E-state index contributed by atoms with van der Waals surface area (Å²) in [4.78, 5) is 10.0. The molecule has 0 aromatic carbocycles. The van der Waals surface area contributed by atoms with E-state index in [1.54, 1.807) is 0 Å². The van der Waals surface area contributed by atoms with E-state index in [0.717, 1.165) is 45.2 Å². The second-order valence-corrected chi connectivity index (χ2v) is 8.94. The molecule has 0 aromatic heterocycles. The third kappa shape index (κ3) is 8.26. The second kappa shape index (κ2) is 12.7. The van der Waals surface area contributed by atoms with Crippen molar-refractivity contribution >= 4 is 5.96 Å². The van der Waals surface area contributed by atoms with Crippen molar-refractivity contribution < 1.29 is 4.74 Å². The Balaban J connectivity index is 1.80. The fraction of sp³-hybridized carbons (Fsp3) is 0.955. The van der Waals surface area contributed by atoms with Gasteiger partial charge in [0.05, 0.1) is 0 Å². The number of nitrogens with zero attached hydrogens (tertiary/aromatic N) is 3. The van der Waals surface area contributed by atoms with Crippen LogP contribution in [0.25, 0.3) is 0 Å². The molecule has 0 radical (unpaired) electrons. The van der Waals surface area contributed by atoms with Crippen LogP contribution in [0.4, 0.5) is 0 Å². The normalized spacial score (nSPS) is 22.4. The lowest BCUT2D eigenvalue weighted by atomic mass is 9.83. The van der Waals surface area contributed by atoms with Crippen molar-refractivity contribution in [3.8, 4) is 0 Å². The molecule has 28 heavy (non-hydrogen) atoms. The van der Waals surface area contributed by atoms with Crippen LogP contribution < -0.4 is 10.6 Å². The molecule has 2 fully saturated rings. The Labute approximate surface area is 173 Å². The van der Waals surface area contributed by atoms with Gasteiger partial charge in [-0.15, -0.1) is 0 Å². The van der Waals surface area contributed by atoms with Crippen LogP contribution in [0.15, 0.2) is 4.99 Å². The van der Waals surface area contributed by atoms with E-state index < -0.39 is 0 Å². The molecule has 1 unspecified atom stereocenters. The largest absolute Gasteiger partial charge is 0.382 e. The molecule has 1 saturated carbocycles. The molecule has 1 saturated heterocycles. The standard InChI is InChI=1S/C22H45N5O/c1-5-23-21(24-17-20(3)18-27-14-12-26(4)13-15-27)25-19-22(9-7-8-10-22)11-16-28-6-2/h20H,5-19H2,1-4H3,(H2,23,24,25). The highest BCUT2D eigenvalue weighted by Crippen LogP contribution is 2.41. The van der Waals surface area contributed by atoms with E-state index in [2.05, 4.69) is 48.3 Å². The lowest BCUT2D eigenvalue weighted by molar-refractivity contribution is 0.107. The van der Waals surface area contributed by atoms with Gasteiger partial charge in [0.15, 0.2) is 5.96 Å². The number of piperazine rings is 1. The summed E-state index contributed by atoms with van der Waals surface area (Å²) in [6.45, 7) is 17.0. The highest BCUT2D eigenvalue weighted by atomic mass is 16.5. The Bertz CT molecular complexity index is 442. The molecular formula is C22H45N5O. The molecule has 1 heterocycles. The van der Waals surface area contributed by atoms with Crippen LogP contribution >= 0.6 is 0 Å². The van der Waals surface area contributed by atoms with E-state index in [9.17, 15) is 0 Å². The highest BCUT2D eigenvalue weighted by molar-refractivity contribution is 5.79. The SMILES string of the molecule is CCNC(=NCC1(CCOCC)CCCC1)NCC(C)CN1CCN(C)CC1. The molecule has 2 rings (SSSR count). The van der Waals surface area contributed by atoms with Gasteiger partial charge in [-0.2, -0.15) is 0 Å². The smallest absolute Gasteiger partial charge is 0.191 e. The fourth-order valence-corrected chi connectivity index (χ4v) is 4.44. The average molecular weight is 396 g/mol. The van der Waals surface area contributed by atoms with Crippen molar-refractivity contribution in [2.24, 2.45) is 16.3 Å². The lowest BCUT2D eigenvalue weighted by Gasteiger charge is -2.34. The Morgan fingerprint density at radius 1 is 1.11 bits per heavy atom. The van der Waals surface area contributed by atoms with E-state index in [1.807, 2.05) is 0 Å². The number of hydrogen-bond donors (Lipinski definition) is 2. The summed E-state index contributed by atoms with van der Waals surface area (Å²) in [7, 11) is 2.22. The number of aliphatic imine (C=N–C) groups is 1. The summed E-state index contributed by atoms with van der Waals surface area (Å²) in [5.74, 6) is 1.60. The third-order valence-corrected chi connectivity index (χ3v) is 6.35. The van der Waals surface area contributed by atoms with Gasteiger partial charge in [-0.05, 0) is 51.5 Å². The van der Waals surface area contributed by atoms with Crippen LogP contribution in [-0.4, -0.2) is 88.4 Å². The maximum absolute atomic E-state index is 5.65. The van der Waals surface area contributed by atoms with Crippen LogP contribution in [0.1, 0.15) is 52.9 Å². The van der Waals surface area contributed by atoms with Crippen LogP contribution in [0.5, 0.6) is 0 Å². The predicted octanol–water partition coefficient (Wildman–Crippen LogP) is 2.41. The minimum absolute atomic E-state index is 0.350. The van der Waals surface area contributed by atoms with Crippen molar-refractivity contribution in [3.05, 3.63) is 0 Å². The molecule has 6 nitrogen and oxygen atoms in total. The van der Waals surface area contributed by atoms with Crippen LogP contribution in [0, 0.1) is 11.3 Å². The summed E-state index contributed by atoms with van der Waals surface area (Å²) in [6, 6.07) is 0. The molecule has 1 aliphatic heterocycles. The molecule has 1 atom stereocenters. The van der Waals surface area contributed by atoms with E-state index >= 15 is 0 Å². The number of guanidine groups is 1. The maximum Gasteiger partial charge on any atom is 0.191 e. The Kier molecular flexibility index (Phi) is 10.6. The van der Waals surface area contributed by atoms with Gasteiger partial charge in [-0.3, -0.25) is 4.99 Å². The van der Waals surface area contributed by atoms with Gasteiger partial charge in [0, 0.05) is 65.6 Å². The highest BCUT2D eigenvalue weighted by Gasteiger charge is 2.33. The number of likely N-dealkylation sites (N-methyl/N-ethyl adjacent to an activating group) is 1. The van der Waals surface area contributed by atoms with E-state index in [-0.39, 0.29) is 0 Å². The summed E-state index contributed by atoms with van der Waals surface area (Å²) in [5, 5.41) is 7.04. The Morgan fingerprint density at radius 3 is 2.46 bits per heavy atom. The quantitative estimate of drug-likeness (QED) is 0.320. The van der Waals surface area contributed by atoms with Gasteiger partial charge >= 0.3 is 0 Å². The molecule has 0 spiro atoms. The van der Waals surface area contributed by atoms with E-state index in [4.69, 9.17) is 9.73 Å². The number of ether oxygens (including phenoxy) is 1. The van der Waals surface area contributed by atoms with Crippen LogP contribution in [0.2, 0.25) is 0 Å². The molecule has 6 heteroatoms. The topological polar surface area (TPSA) is 52.1 Å². The van der Waals surface area contributed by atoms with Gasteiger partial charge in [0.2, 0.25) is 0 Å². The third-order valence-electron chi connectivity index (χ3n) is 6.35. The summed E-state index contributed by atoms with van der Waals surface area (Å²) >= 11 is 0. The van der Waals surface area contributed by atoms with Gasteiger partial charge in [0.25, 0.3) is 0 Å². The summed E-state index contributed by atoms with van der Waals surface area (Å²) in [6.07, 6.45) is 6.41. The molecule has 1 aliphatic carbocycles. The predicted molar refractivity (Wildman–Crippen MR) is 119 cm³/mol. The number of nitrogens with one attached hydrogen (secondary N) is 2. The molecule has 0 amide bonds. The minimum atomic E-state index is 0.350. The van der Waals surface area contributed by atoms with Crippen molar-refractivity contribution in [3.63, 3.8) is 0 Å². The molecule has 0 bridgehead atoms. The lowest BCUT2D eigenvalue weighted by Crippen LogP contribution is -2.47. The molecular weight excluding hydrogens is 350 g/mol. The minimum Gasteiger partial charge on any atom is -0.382 e. The second-order valence-electron chi connectivity index (χ2n) is 8.94. The average Bonchev–Trinajstić information content (AvgIpc) is 3.15. The van der Waals surface area contributed by atoms with Gasteiger partial charge in [-0.25, -0.2) is 0 Å². The van der Waals surface area contributed by atoms with Gasteiger partial charge in [0.1, 0.15) is 0 Å². The van der Waals surface area contributed by atoms with Crippen molar-refractivity contribution in [1.82, 2.24) is 20.4 Å². The monoisotopic (exact) mass is 395 g/mol. The molecule has 2 N–H and O–H groups in total. The van der Waals surface area contributed by atoms with Crippen LogP contribution in [-0.2, 0) is 4.74 Å². The molecule has 164 valence electrons. The first-order valence-electron chi connectivity index (χ1n) is 11.6. The van der Waals surface area contributed by atoms with Crippen molar-refractivity contribution in [1.29, 1.82) is 0 Å². The van der Waals surface area contributed by atoms with Crippen molar-refractivity contribution in [2.45, 2.75) is 52.9 Å². The van der Waals surface area contributed by atoms with E-state index in [1.165, 1.54) is 58.4 Å². The van der Waals surface area contributed by atoms with E-state index in [0.29, 0.717) is 11.3 Å². The Hall–Kier alpha value is -0.850. The van der Waals surface area contributed by atoms with Gasteiger partial charge < -0.3 is 25.2 Å². The zero-order valence-electron chi connectivity index (χ0n) is 18.9. The molecule has 2 aliphatic rings. The van der Waals surface area contributed by atoms with Gasteiger partial charge in [-0.1, -0.05) is 19.8 Å². The number of rotatable bonds is 11. The zero-order chi connectivity index (χ0) is 20.2.